The van der Waals surface area contributed by atoms with Gasteiger partial charge in [-0.1, -0.05) is 37.6 Å². The molecule has 0 amide bonds. The maximum atomic E-state index is 10.5. The minimum absolute atomic E-state index is 0.0318. The van der Waals surface area contributed by atoms with Gasteiger partial charge < -0.3 is 20.7 Å². The van der Waals surface area contributed by atoms with E-state index in [0.717, 1.165) is 25.7 Å². The van der Waals surface area contributed by atoms with Crippen molar-refractivity contribution in [2.24, 2.45) is 0 Å². The summed E-state index contributed by atoms with van der Waals surface area (Å²) in [6, 6.07) is 8.32. The Morgan fingerprint density at radius 1 is 1.06 bits per heavy atom. The summed E-state index contributed by atoms with van der Waals surface area (Å²) in [6.07, 6.45) is 2.83. The molecule has 0 aliphatic carbocycles. The Morgan fingerprint density at radius 3 is 2.62 bits per heavy atom. The SMILES string of the molecule is CCCCc1ccccc1CCOOC[C@H]1O[C@@H](n2cnc3c(N)ncnc32)[C@H](O)[C@@H]1O. The summed E-state index contributed by atoms with van der Waals surface area (Å²) in [7, 11) is 0. The van der Waals surface area contributed by atoms with Crippen LogP contribution in [0.2, 0.25) is 0 Å². The summed E-state index contributed by atoms with van der Waals surface area (Å²) in [5.41, 5.74) is 9.19. The normalized spacial score (nSPS) is 23.2. The lowest BCUT2D eigenvalue weighted by Crippen LogP contribution is -2.33. The first-order chi connectivity index (χ1) is 15.6. The van der Waals surface area contributed by atoms with Gasteiger partial charge in [-0.2, -0.15) is 0 Å². The number of aromatic nitrogens is 4. The smallest absolute Gasteiger partial charge is 0.167 e. The van der Waals surface area contributed by atoms with Gasteiger partial charge in [0.25, 0.3) is 0 Å². The van der Waals surface area contributed by atoms with Crippen molar-refractivity contribution in [2.75, 3.05) is 18.9 Å². The molecule has 4 N–H and O–H groups in total. The quantitative estimate of drug-likeness (QED) is 0.242. The molecule has 4 atom stereocenters. The predicted molar refractivity (Wildman–Crippen MR) is 116 cm³/mol. The Kier molecular flexibility index (Phi) is 7.28. The first-order valence-corrected chi connectivity index (χ1v) is 10.9. The zero-order valence-electron chi connectivity index (χ0n) is 18.0. The number of hydrogen-bond acceptors (Lipinski definition) is 9. The van der Waals surface area contributed by atoms with Gasteiger partial charge >= 0.3 is 0 Å². The zero-order valence-corrected chi connectivity index (χ0v) is 18.0. The number of nitrogens with two attached hydrogens (primary N) is 1. The van der Waals surface area contributed by atoms with E-state index in [2.05, 4.69) is 40.1 Å². The van der Waals surface area contributed by atoms with Crippen molar-refractivity contribution in [3.05, 3.63) is 48.0 Å². The molecule has 0 unspecified atom stereocenters. The van der Waals surface area contributed by atoms with Crippen LogP contribution in [0.4, 0.5) is 5.82 Å². The molecule has 1 aliphatic heterocycles. The molecule has 3 heterocycles. The van der Waals surface area contributed by atoms with Crippen LogP contribution in [0.3, 0.4) is 0 Å². The third kappa shape index (κ3) is 4.74. The topological polar surface area (TPSA) is 138 Å². The number of benzene rings is 1. The third-order valence-electron chi connectivity index (χ3n) is 5.69. The van der Waals surface area contributed by atoms with Crippen LogP contribution in [0.1, 0.15) is 37.1 Å². The molecule has 0 bridgehead atoms. The summed E-state index contributed by atoms with van der Waals surface area (Å²) in [4.78, 5) is 22.8. The van der Waals surface area contributed by atoms with E-state index >= 15 is 0 Å². The molecule has 4 rings (SSSR count). The Labute approximate surface area is 185 Å². The van der Waals surface area contributed by atoms with Crippen molar-refractivity contribution < 1.29 is 24.7 Å². The van der Waals surface area contributed by atoms with E-state index in [1.54, 1.807) is 0 Å². The fourth-order valence-electron chi connectivity index (χ4n) is 3.89. The lowest BCUT2D eigenvalue weighted by Gasteiger charge is -2.16. The molecular weight excluding hydrogens is 414 g/mol. The second-order valence-electron chi connectivity index (χ2n) is 7.86. The highest BCUT2D eigenvalue weighted by molar-refractivity contribution is 5.81. The highest BCUT2D eigenvalue weighted by atomic mass is 17.2. The summed E-state index contributed by atoms with van der Waals surface area (Å²) < 4.78 is 7.35. The molecule has 1 aliphatic rings. The molecule has 0 spiro atoms. The first-order valence-electron chi connectivity index (χ1n) is 10.9. The predicted octanol–water partition coefficient (Wildman–Crippen LogP) is 1.56. The number of unbranched alkanes of at least 4 members (excludes halogenated alkanes) is 1. The van der Waals surface area contributed by atoms with Crippen molar-refractivity contribution in [1.82, 2.24) is 19.5 Å². The van der Waals surface area contributed by atoms with Gasteiger partial charge in [0, 0.05) is 0 Å². The summed E-state index contributed by atoms with van der Waals surface area (Å²) >= 11 is 0. The number of aryl methyl sites for hydroxylation is 1. The van der Waals surface area contributed by atoms with Gasteiger partial charge in [-0.15, -0.1) is 0 Å². The Bertz CT molecular complexity index is 1030. The van der Waals surface area contributed by atoms with Gasteiger partial charge in [-0.05, 0) is 30.4 Å². The molecule has 172 valence electrons. The summed E-state index contributed by atoms with van der Waals surface area (Å²) in [5.74, 6) is 0.228. The number of hydrogen-bond donors (Lipinski definition) is 3. The van der Waals surface area contributed by atoms with Crippen LogP contribution >= 0.6 is 0 Å². The number of imidazole rings is 1. The fraction of sp³-hybridized carbons (Fsp3) is 0.500. The van der Waals surface area contributed by atoms with Crippen LogP contribution < -0.4 is 5.73 Å². The van der Waals surface area contributed by atoms with Crippen LogP contribution in [0.5, 0.6) is 0 Å². The minimum Gasteiger partial charge on any atom is -0.387 e. The first kappa shape index (κ1) is 22.6. The van der Waals surface area contributed by atoms with E-state index in [-0.39, 0.29) is 12.4 Å². The fourth-order valence-corrected chi connectivity index (χ4v) is 3.89. The molecule has 2 aromatic heterocycles. The van der Waals surface area contributed by atoms with Crippen LogP contribution in [0, 0.1) is 0 Å². The molecule has 0 radical (unpaired) electrons. The van der Waals surface area contributed by atoms with Crippen molar-refractivity contribution in [3.63, 3.8) is 0 Å². The molecule has 1 aromatic carbocycles. The van der Waals surface area contributed by atoms with Gasteiger partial charge in [0.05, 0.1) is 12.9 Å². The van der Waals surface area contributed by atoms with E-state index in [1.165, 1.54) is 28.3 Å². The van der Waals surface area contributed by atoms with E-state index < -0.39 is 24.5 Å². The molecular formula is C22H29N5O5. The van der Waals surface area contributed by atoms with Gasteiger partial charge in [-0.25, -0.2) is 24.7 Å². The summed E-state index contributed by atoms with van der Waals surface area (Å²) in [5, 5.41) is 20.9. The number of aliphatic hydroxyl groups is 2. The molecule has 1 saturated heterocycles. The highest BCUT2D eigenvalue weighted by Gasteiger charge is 2.44. The van der Waals surface area contributed by atoms with Gasteiger partial charge in [0.2, 0.25) is 0 Å². The van der Waals surface area contributed by atoms with E-state index in [4.69, 9.17) is 20.2 Å². The van der Waals surface area contributed by atoms with Crippen LogP contribution in [0.15, 0.2) is 36.9 Å². The Hall–Kier alpha value is -2.63. The molecule has 0 saturated carbocycles. The largest absolute Gasteiger partial charge is 0.387 e. The van der Waals surface area contributed by atoms with Gasteiger partial charge in [0.1, 0.15) is 36.8 Å². The van der Waals surface area contributed by atoms with Gasteiger partial charge in [-0.3, -0.25) is 4.57 Å². The molecule has 10 nitrogen and oxygen atoms in total. The zero-order chi connectivity index (χ0) is 22.5. The maximum absolute atomic E-state index is 10.5. The molecule has 1 fully saturated rings. The van der Waals surface area contributed by atoms with Crippen molar-refractivity contribution >= 4 is 17.0 Å². The average Bonchev–Trinajstić information content (AvgIpc) is 3.35. The van der Waals surface area contributed by atoms with E-state index in [9.17, 15) is 10.2 Å². The second kappa shape index (κ2) is 10.3. The number of rotatable bonds is 10. The minimum atomic E-state index is -1.19. The number of nitrogens with zero attached hydrogens (tertiary/aromatic N) is 4. The number of fused-ring (bicyclic) bond motifs is 1. The Balaban J connectivity index is 1.29. The van der Waals surface area contributed by atoms with Crippen molar-refractivity contribution in [3.8, 4) is 0 Å². The lowest BCUT2D eigenvalue weighted by molar-refractivity contribution is -0.309. The number of nitrogen functional groups attached to an aromatic ring is 1. The summed E-state index contributed by atoms with van der Waals surface area (Å²) in [6.45, 7) is 2.52. The second-order valence-corrected chi connectivity index (χ2v) is 7.86. The lowest BCUT2D eigenvalue weighted by atomic mass is 10.0. The molecule has 32 heavy (non-hydrogen) atoms. The van der Waals surface area contributed by atoms with Crippen LogP contribution in [0.25, 0.3) is 11.2 Å². The highest BCUT2D eigenvalue weighted by Crippen LogP contribution is 2.32. The van der Waals surface area contributed by atoms with Crippen LogP contribution in [-0.2, 0) is 27.4 Å². The van der Waals surface area contributed by atoms with E-state index in [1.807, 2.05) is 6.07 Å². The molecule has 3 aromatic rings. The third-order valence-corrected chi connectivity index (χ3v) is 5.69. The van der Waals surface area contributed by atoms with Crippen LogP contribution in [-0.4, -0.2) is 61.3 Å². The average molecular weight is 444 g/mol. The van der Waals surface area contributed by atoms with Crippen molar-refractivity contribution in [1.29, 1.82) is 0 Å². The van der Waals surface area contributed by atoms with E-state index in [0.29, 0.717) is 17.8 Å². The Morgan fingerprint density at radius 2 is 1.84 bits per heavy atom. The molecule has 10 heteroatoms. The number of ether oxygens (including phenoxy) is 1. The monoisotopic (exact) mass is 443 g/mol. The standard InChI is InChI=1S/C22H29N5O5/c1-2-3-6-14-7-4-5-8-15(14)9-10-30-31-11-16-18(28)19(29)22(32-16)27-13-26-17-20(23)24-12-25-21(17)27/h4-5,7-8,12-13,16,18-19,22,28-29H,2-3,6,9-11H2,1H3,(H2,23,24,25)/t16-,18-,19-,22-/m1/s1. The number of aliphatic hydroxyl groups excluding tert-OH is 2. The van der Waals surface area contributed by atoms with Crippen molar-refractivity contribution in [2.45, 2.75) is 57.1 Å². The number of anilines is 1. The maximum Gasteiger partial charge on any atom is 0.167 e. The van der Waals surface area contributed by atoms with Gasteiger partial charge in [0.15, 0.2) is 17.7 Å².